The molecule has 2 nitrogen and oxygen atoms in total. The zero-order valence-corrected chi connectivity index (χ0v) is 10.4. The fraction of sp³-hybridized carbons (Fsp3) is 0.400. The Morgan fingerprint density at radius 1 is 1.71 bits per heavy atom. The van der Waals surface area contributed by atoms with Gasteiger partial charge in [0.25, 0.3) is 0 Å². The van der Waals surface area contributed by atoms with E-state index in [0.29, 0.717) is 0 Å². The van der Waals surface area contributed by atoms with Gasteiger partial charge in [-0.15, -0.1) is 17.9 Å². The van der Waals surface area contributed by atoms with Gasteiger partial charge < -0.3 is 0 Å². The highest BCUT2D eigenvalue weighted by molar-refractivity contribution is 9.11. The number of thiophene rings is 1. The monoisotopic (exact) mass is 274 g/mol. The summed E-state index contributed by atoms with van der Waals surface area (Å²) in [5.41, 5.74) is 4.10. The average molecular weight is 275 g/mol. The van der Waals surface area contributed by atoms with Gasteiger partial charge in [0.15, 0.2) is 0 Å². The Morgan fingerprint density at radius 3 is 3.00 bits per heavy atom. The van der Waals surface area contributed by atoms with Crippen LogP contribution in [0, 0.1) is 0 Å². The first kappa shape index (κ1) is 11.9. The van der Waals surface area contributed by atoms with Crippen LogP contribution in [-0.2, 0) is 0 Å². The van der Waals surface area contributed by atoms with Crippen molar-refractivity contribution in [3.63, 3.8) is 0 Å². The molecular formula is C10H15BrN2S. The standard InChI is InChI=1S/C10H15BrN2S/c1-2-3-4-5-9(13-12)8-6-10(11)14-7-8/h2,6-7,9,13H,1,3-5,12H2. The average Bonchev–Trinajstić information content (AvgIpc) is 2.60. The molecule has 0 radical (unpaired) electrons. The molecule has 0 spiro atoms. The van der Waals surface area contributed by atoms with E-state index < -0.39 is 0 Å². The van der Waals surface area contributed by atoms with Gasteiger partial charge in [0.05, 0.1) is 3.79 Å². The summed E-state index contributed by atoms with van der Waals surface area (Å²) in [5, 5.41) is 2.13. The van der Waals surface area contributed by atoms with Crippen LogP contribution in [0.5, 0.6) is 0 Å². The van der Waals surface area contributed by atoms with Crippen LogP contribution in [-0.4, -0.2) is 0 Å². The van der Waals surface area contributed by atoms with E-state index in [9.17, 15) is 0 Å². The highest BCUT2D eigenvalue weighted by Crippen LogP contribution is 2.27. The third-order valence-corrected chi connectivity index (χ3v) is 3.62. The second-order valence-corrected chi connectivity index (χ2v) is 5.41. The minimum atomic E-state index is 0.262. The molecule has 0 aliphatic carbocycles. The maximum atomic E-state index is 5.51. The lowest BCUT2D eigenvalue weighted by molar-refractivity contribution is 0.502. The SMILES string of the molecule is C=CCCCC(NN)c1csc(Br)c1. The lowest BCUT2D eigenvalue weighted by Gasteiger charge is -2.13. The minimum absolute atomic E-state index is 0.262. The molecular weight excluding hydrogens is 260 g/mol. The summed E-state index contributed by atoms with van der Waals surface area (Å²) in [5.74, 6) is 5.51. The first-order valence-corrected chi connectivity index (χ1v) is 6.26. The molecule has 4 heteroatoms. The van der Waals surface area contributed by atoms with Gasteiger partial charge >= 0.3 is 0 Å². The van der Waals surface area contributed by atoms with E-state index in [1.54, 1.807) is 11.3 Å². The number of nitrogens with one attached hydrogen (secondary N) is 1. The molecule has 78 valence electrons. The van der Waals surface area contributed by atoms with Crippen LogP contribution >= 0.6 is 27.3 Å². The van der Waals surface area contributed by atoms with Crippen LogP contribution in [0.4, 0.5) is 0 Å². The van der Waals surface area contributed by atoms with Crippen LogP contribution in [0.15, 0.2) is 27.9 Å². The number of hydrazine groups is 1. The fourth-order valence-corrected chi connectivity index (χ4v) is 2.55. The Hall–Kier alpha value is -0.160. The Labute approximate surface area is 97.3 Å². The predicted octanol–water partition coefficient (Wildman–Crippen LogP) is 3.37. The second kappa shape index (κ2) is 6.35. The molecule has 1 atom stereocenters. The third-order valence-electron chi connectivity index (χ3n) is 2.09. The van der Waals surface area contributed by atoms with E-state index in [1.165, 1.54) is 5.56 Å². The van der Waals surface area contributed by atoms with E-state index >= 15 is 0 Å². The van der Waals surface area contributed by atoms with Crippen molar-refractivity contribution in [1.82, 2.24) is 5.43 Å². The van der Waals surface area contributed by atoms with Crippen molar-refractivity contribution in [2.45, 2.75) is 25.3 Å². The van der Waals surface area contributed by atoms with Crippen molar-refractivity contribution >= 4 is 27.3 Å². The molecule has 0 saturated heterocycles. The summed E-state index contributed by atoms with van der Waals surface area (Å²) in [4.78, 5) is 0. The zero-order valence-electron chi connectivity index (χ0n) is 8.00. The Bertz CT molecular complexity index is 285. The van der Waals surface area contributed by atoms with E-state index in [0.717, 1.165) is 23.0 Å². The van der Waals surface area contributed by atoms with Gasteiger partial charge in [-0.3, -0.25) is 11.3 Å². The first-order chi connectivity index (χ1) is 6.77. The van der Waals surface area contributed by atoms with Gasteiger partial charge in [-0.25, -0.2) is 0 Å². The Kier molecular flexibility index (Phi) is 5.40. The highest BCUT2D eigenvalue weighted by Gasteiger charge is 2.10. The lowest BCUT2D eigenvalue weighted by atomic mass is 10.0. The normalized spacial score (nSPS) is 12.7. The Balaban J connectivity index is 2.49. The molecule has 0 aliphatic heterocycles. The molecule has 14 heavy (non-hydrogen) atoms. The molecule has 0 amide bonds. The maximum Gasteiger partial charge on any atom is 0.0701 e. The number of allylic oxidation sites excluding steroid dienone is 1. The van der Waals surface area contributed by atoms with Crippen LogP contribution in [0.25, 0.3) is 0 Å². The van der Waals surface area contributed by atoms with Crippen LogP contribution in [0.2, 0.25) is 0 Å². The lowest BCUT2D eigenvalue weighted by Crippen LogP contribution is -2.27. The summed E-state index contributed by atoms with van der Waals surface area (Å²) < 4.78 is 1.15. The fourth-order valence-electron chi connectivity index (χ4n) is 1.32. The maximum absolute atomic E-state index is 5.51. The summed E-state index contributed by atoms with van der Waals surface area (Å²) >= 11 is 5.13. The second-order valence-electron chi connectivity index (χ2n) is 3.12. The van der Waals surface area contributed by atoms with Gasteiger partial charge in [0.1, 0.15) is 0 Å². The topological polar surface area (TPSA) is 38.0 Å². The van der Waals surface area contributed by atoms with Crippen molar-refractivity contribution in [1.29, 1.82) is 0 Å². The molecule has 0 bridgehead atoms. The van der Waals surface area contributed by atoms with Crippen LogP contribution in [0.1, 0.15) is 30.9 Å². The number of nitrogens with two attached hydrogens (primary N) is 1. The Morgan fingerprint density at radius 2 is 2.50 bits per heavy atom. The number of rotatable bonds is 6. The minimum Gasteiger partial charge on any atom is -0.271 e. The molecule has 3 N–H and O–H groups in total. The number of hydrogen-bond acceptors (Lipinski definition) is 3. The number of unbranched alkanes of at least 4 members (excludes halogenated alkanes) is 1. The van der Waals surface area contributed by atoms with Crippen molar-refractivity contribution < 1.29 is 0 Å². The summed E-state index contributed by atoms with van der Waals surface area (Å²) in [6, 6.07) is 2.38. The molecule has 0 saturated carbocycles. The van der Waals surface area contributed by atoms with E-state index in [4.69, 9.17) is 5.84 Å². The molecule has 1 rings (SSSR count). The van der Waals surface area contributed by atoms with Crippen molar-refractivity contribution in [3.8, 4) is 0 Å². The van der Waals surface area contributed by atoms with Crippen LogP contribution < -0.4 is 11.3 Å². The molecule has 1 heterocycles. The quantitative estimate of drug-likeness (QED) is 0.361. The van der Waals surface area contributed by atoms with Gasteiger partial charge in [-0.1, -0.05) is 6.08 Å². The number of halogens is 1. The van der Waals surface area contributed by atoms with Crippen molar-refractivity contribution in [3.05, 3.63) is 33.5 Å². The van der Waals surface area contributed by atoms with Gasteiger partial charge in [0, 0.05) is 6.04 Å². The predicted molar refractivity (Wildman–Crippen MR) is 66.1 cm³/mol. The highest BCUT2D eigenvalue weighted by atomic mass is 79.9. The molecule has 1 aromatic rings. The van der Waals surface area contributed by atoms with Crippen molar-refractivity contribution in [2.24, 2.45) is 5.84 Å². The van der Waals surface area contributed by atoms with Gasteiger partial charge in [-0.2, -0.15) is 0 Å². The smallest absolute Gasteiger partial charge is 0.0701 e. The molecule has 0 aromatic carbocycles. The molecule has 0 fully saturated rings. The van der Waals surface area contributed by atoms with E-state index in [2.05, 4.69) is 39.4 Å². The van der Waals surface area contributed by atoms with Gasteiger partial charge in [-0.05, 0) is 52.2 Å². The van der Waals surface area contributed by atoms with E-state index in [-0.39, 0.29) is 6.04 Å². The zero-order chi connectivity index (χ0) is 10.4. The van der Waals surface area contributed by atoms with Crippen LogP contribution in [0.3, 0.4) is 0 Å². The largest absolute Gasteiger partial charge is 0.271 e. The molecule has 1 aromatic heterocycles. The summed E-state index contributed by atoms with van der Waals surface area (Å²) in [6.07, 6.45) is 5.15. The number of hydrogen-bond donors (Lipinski definition) is 2. The van der Waals surface area contributed by atoms with E-state index in [1.807, 2.05) is 6.08 Å². The first-order valence-electron chi connectivity index (χ1n) is 4.59. The summed E-state index contributed by atoms with van der Waals surface area (Å²) in [6.45, 7) is 3.70. The third kappa shape index (κ3) is 3.53. The molecule has 1 unspecified atom stereocenters. The van der Waals surface area contributed by atoms with Crippen molar-refractivity contribution in [2.75, 3.05) is 0 Å². The molecule has 0 aliphatic rings. The summed E-state index contributed by atoms with van der Waals surface area (Å²) in [7, 11) is 0. The van der Waals surface area contributed by atoms with Gasteiger partial charge in [0.2, 0.25) is 0 Å².